The summed E-state index contributed by atoms with van der Waals surface area (Å²) < 4.78 is 26.7. The number of fused-ring (bicyclic) bond motifs is 8. The molecule has 4 heterocycles. The van der Waals surface area contributed by atoms with Gasteiger partial charge in [-0.1, -0.05) is 36.4 Å². The number of methoxy groups -OCH3 is 2. The molecule has 0 aromatic heterocycles. The van der Waals surface area contributed by atoms with E-state index in [1.54, 1.807) is 20.3 Å². The second-order valence-electron chi connectivity index (χ2n) is 14.1. The molecule has 4 aliphatic heterocycles. The largest absolute Gasteiger partial charge is 0.493 e. The van der Waals surface area contributed by atoms with Crippen molar-refractivity contribution in [2.24, 2.45) is 4.99 Å². The minimum atomic E-state index is -0.888. The molecule has 5 aromatic carbocycles. The van der Waals surface area contributed by atoms with Crippen molar-refractivity contribution in [2.45, 2.75) is 51.3 Å². The number of aliphatic hydroxyl groups is 1. The summed E-state index contributed by atoms with van der Waals surface area (Å²) in [5.41, 5.74) is 10.1. The zero-order valence-corrected chi connectivity index (χ0v) is 34.8. The zero-order valence-electron chi connectivity index (χ0n) is 30.4. The normalized spacial score (nSPS) is 18.9. The van der Waals surface area contributed by atoms with Crippen LogP contribution in [0.25, 0.3) is 0 Å². The topological polar surface area (TPSA) is 105 Å². The van der Waals surface area contributed by atoms with E-state index in [0.717, 1.165) is 53.7 Å². The van der Waals surface area contributed by atoms with E-state index in [1.807, 2.05) is 70.6 Å². The maximum absolute atomic E-state index is 13.9. The number of carbonyl (C=O) groups excluding carboxylic acids is 1. The third kappa shape index (κ3) is 6.25. The van der Waals surface area contributed by atoms with E-state index in [0.29, 0.717) is 46.4 Å². The van der Waals surface area contributed by atoms with E-state index < -0.39 is 6.23 Å². The SMILES string of the molecule is COc1cc2c(cc1OCc1cc(COc3cc4c(cc3OC)C(=O)N3c5ccccc5C[C@H]3CN4)c(I)c(I)c1C)N=C[C@@H]1Cc3ccccc3N1C2O. The number of carbonyl (C=O) groups is 1. The van der Waals surface area contributed by atoms with Crippen molar-refractivity contribution < 1.29 is 28.8 Å². The molecule has 1 unspecified atom stereocenters. The highest BCUT2D eigenvalue weighted by molar-refractivity contribution is 14.1. The first kappa shape index (κ1) is 36.1. The molecule has 4 aliphatic rings. The van der Waals surface area contributed by atoms with E-state index in [2.05, 4.69) is 75.6 Å². The van der Waals surface area contributed by atoms with Gasteiger partial charge in [-0.2, -0.15) is 0 Å². The molecule has 0 saturated carbocycles. The lowest BCUT2D eigenvalue weighted by Crippen LogP contribution is -2.39. The first-order chi connectivity index (χ1) is 26.7. The maximum Gasteiger partial charge on any atom is 0.260 e. The number of rotatable bonds is 8. The number of para-hydroxylation sites is 2. The molecule has 55 heavy (non-hydrogen) atoms. The zero-order chi connectivity index (χ0) is 38.0. The number of hydrogen-bond acceptors (Lipinski definition) is 9. The molecule has 9 rings (SSSR count). The van der Waals surface area contributed by atoms with Crippen LogP contribution in [0.4, 0.5) is 22.7 Å². The molecule has 0 saturated heterocycles. The average Bonchev–Trinajstić information content (AvgIpc) is 3.70. The standard InChI is InChI=1S/C43H38I2N4O6/c1-23-26(21-54-38-17-32-30(15-36(38)52-2)42(50)48-28(19-46-32)13-24-8-4-6-10-34(24)48)12-27(41(45)40(23)44)22-55-39-18-33-31(16-37(39)53-3)43(51)49-29(20-47-33)14-25-9-5-7-11-35(25)49/h4-12,15-19,28-29,42,47,50H,13-14,20-22H2,1-3H3/t28-,29-,42?/m0/s1. The molecule has 0 radical (unpaired) electrons. The van der Waals surface area contributed by atoms with Gasteiger partial charge in [-0.15, -0.1) is 0 Å². The lowest BCUT2D eigenvalue weighted by molar-refractivity contribution is 0.0983. The number of aliphatic hydroxyl groups excluding tert-OH is 1. The fourth-order valence-corrected chi connectivity index (χ4v) is 9.56. The molecule has 0 fully saturated rings. The highest BCUT2D eigenvalue weighted by Crippen LogP contribution is 2.46. The van der Waals surface area contributed by atoms with Crippen LogP contribution in [0.2, 0.25) is 0 Å². The Morgan fingerprint density at radius 1 is 0.818 bits per heavy atom. The van der Waals surface area contributed by atoms with Crippen molar-refractivity contribution in [3.63, 3.8) is 0 Å². The fraction of sp³-hybridized carbons (Fsp3) is 0.256. The van der Waals surface area contributed by atoms with Gasteiger partial charge >= 0.3 is 0 Å². The van der Waals surface area contributed by atoms with Gasteiger partial charge in [-0.25, -0.2) is 0 Å². The Hall–Kier alpha value is -4.54. The highest BCUT2D eigenvalue weighted by Gasteiger charge is 2.38. The van der Waals surface area contributed by atoms with Gasteiger partial charge in [-0.05, 0) is 111 Å². The lowest BCUT2D eigenvalue weighted by Gasteiger charge is -2.29. The number of nitrogens with one attached hydrogen (secondary N) is 1. The first-order valence-electron chi connectivity index (χ1n) is 18.1. The first-order valence-corrected chi connectivity index (χ1v) is 20.3. The summed E-state index contributed by atoms with van der Waals surface area (Å²) >= 11 is 4.75. The molecule has 0 spiro atoms. The van der Waals surface area contributed by atoms with E-state index in [1.165, 1.54) is 11.1 Å². The highest BCUT2D eigenvalue weighted by atomic mass is 127. The third-order valence-corrected chi connectivity index (χ3v) is 14.7. The Bertz CT molecular complexity index is 2400. The van der Waals surface area contributed by atoms with Gasteiger partial charge in [0.2, 0.25) is 0 Å². The summed E-state index contributed by atoms with van der Waals surface area (Å²) in [7, 11) is 3.20. The van der Waals surface area contributed by atoms with E-state index in [4.69, 9.17) is 23.9 Å². The smallest absolute Gasteiger partial charge is 0.260 e. The molecule has 10 nitrogen and oxygen atoms in total. The molecule has 12 heteroatoms. The summed E-state index contributed by atoms with van der Waals surface area (Å²) in [4.78, 5) is 22.7. The minimum Gasteiger partial charge on any atom is -0.493 e. The van der Waals surface area contributed by atoms with Crippen LogP contribution < -0.4 is 34.1 Å². The average molecular weight is 961 g/mol. The summed E-state index contributed by atoms with van der Waals surface area (Å²) in [6.45, 7) is 3.29. The van der Waals surface area contributed by atoms with E-state index in [9.17, 15) is 9.90 Å². The molecule has 3 atom stereocenters. The van der Waals surface area contributed by atoms with Crippen molar-refractivity contribution in [2.75, 3.05) is 35.9 Å². The molecule has 0 bridgehead atoms. The van der Waals surface area contributed by atoms with Crippen LogP contribution in [0.3, 0.4) is 0 Å². The molecule has 0 aliphatic carbocycles. The number of halogens is 2. The summed E-state index contributed by atoms with van der Waals surface area (Å²) in [5, 5.41) is 15.1. The number of hydrogen-bond donors (Lipinski definition) is 2. The second-order valence-corrected chi connectivity index (χ2v) is 16.3. The lowest BCUT2D eigenvalue weighted by atomic mass is 10.1. The van der Waals surface area contributed by atoms with Crippen molar-refractivity contribution >= 4 is 80.1 Å². The van der Waals surface area contributed by atoms with Gasteiger partial charge in [0.05, 0.1) is 43.2 Å². The Labute approximate surface area is 346 Å². The van der Waals surface area contributed by atoms with Crippen LogP contribution in [0.5, 0.6) is 23.0 Å². The van der Waals surface area contributed by atoms with Gasteiger partial charge in [0.1, 0.15) is 13.2 Å². The third-order valence-electron chi connectivity index (χ3n) is 11.0. The molecule has 2 N–H and O–H groups in total. The van der Waals surface area contributed by atoms with Crippen LogP contribution in [0.1, 0.15) is 50.0 Å². The number of anilines is 3. The molecule has 1 amide bonds. The van der Waals surface area contributed by atoms with Crippen LogP contribution in [-0.4, -0.2) is 50.1 Å². The predicted molar refractivity (Wildman–Crippen MR) is 230 cm³/mol. The van der Waals surface area contributed by atoms with Gasteiger partial charge in [-0.3, -0.25) is 9.79 Å². The monoisotopic (exact) mass is 960 g/mol. The van der Waals surface area contributed by atoms with Crippen molar-refractivity contribution in [1.29, 1.82) is 0 Å². The quantitative estimate of drug-likeness (QED) is 0.149. The van der Waals surface area contributed by atoms with Crippen molar-refractivity contribution in [3.05, 3.63) is 125 Å². The molecular weight excluding hydrogens is 922 g/mol. The van der Waals surface area contributed by atoms with Gasteiger partial charge < -0.3 is 39.2 Å². The summed E-state index contributed by atoms with van der Waals surface area (Å²) in [6.07, 6.45) is 2.62. The van der Waals surface area contributed by atoms with Crippen LogP contribution in [0.15, 0.2) is 83.9 Å². The van der Waals surface area contributed by atoms with Crippen molar-refractivity contribution in [1.82, 2.24) is 0 Å². The van der Waals surface area contributed by atoms with Crippen molar-refractivity contribution in [3.8, 4) is 23.0 Å². The van der Waals surface area contributed by atoms with Crippen LogP contribution in [-0.2, 0) is 26.1 Å². The Balaban J connectivity index is 0.951. The minimum absolute atomic E-state index is 0.0329. The van der Waals surface area contributed by atoms with E-state index >= 15 is 0 Å². The molecule has 280 valence electrons. The van der Waals surface area contributed by atoms with Crippen LogP contribution >= 0.6 is 45.2 Å². The number of amides is 1. The summed E-state index contributed by atoms with van der Waals surface area (Å²) in [6, 6.07) is 25.7. The molecule has 5 aromatic rings. The number of ether oxygens (including phenoxy) is 4. The Morgan fingerprint density at radius 3 is 2.25 bits per heavy atom. The number of benzene rings is 5. The Kier molecular flexibility index (Phi) is 9.53. The number of nitrogens with zero attached hydrogens (tertiary/aromatic N) is 3. The summed E-state index contributed by atoms with van der Waals surface area (Å²) in [5.74, 6) is 2.06. The van der Waals surface area contributed by atoms with Gasteiger partial charge in [0, 0.05) is 61.0 Å². The van der Waals surface area contributed by atoms with Gasteiger partial charge in [0.25, 0.3) is 5.91 Å². The van der Waals surface area contributed by atoms with Crippen LogP contribution in [0, 0.1) is 14.1 Å². The second kappa shape index (κ2) is 14.5. The number of aliphatic imine (C=N–C) groups is 1. The van der Waals surface area contributed by atoms with Gasteiger partial charge in [0.15, 0.2) is 29.2 Å². The fourth-order valence-electron chi connectivity index (χ4n) is 8.15. The molecular formula is C43H38I2N4O6. The van der Waals surface area contributed by atoms with E-state index in [-0.39, 0.29) is 31.2 Å². The Morgan fingerprint density at radius 2 is 1.49 bits per heavy atom. The predicted octanol–water partition coefficient (Wildman–Crippen LogP) is 8.51. The maximum atomic E-state index is 13.9.